The lowest BCUT2D eigenvalue weighted by Gasteiger charge is -2.32. The number of aromatic nitrogens is 1. The standard InChI is InChI=1S/C16H23N3O/c1-2-18-8-9-20-15(11-18)12-19-7-6-13-4-3-5-14(10-17)16(13)19/h3-7,15H,2,8-12,17H2,1H3. The van der Waals surface area contributed by atoms with Gasteiger partial charge in [0.05, 0.1) is 24.8 Å². The molecule has 0 saturated carbocycles. The summed E-state index contributed by atoms with van der Waals surface area (Å²) in [7, 11) is 0. The van der Waals surface area contributed by atoms with Gasteiger partial charge in [0, 0.05) is 25.8 Å². The fraction of sp³-hybridized carbons (Fsp3) is 0.500. The van der Waals surface area contributed by atoms with Crippen LogP contribution in [-0.4, -0.2) is 41.8 Å². The quantitative estimate of drug-likeness (QED) is 0.924. The second-order valence-corrected chi connectivity index (χ2v) is 5.41. The Bertz CT molecular complexity index is 578. The van der Waals surface area contributed by atoms with E-state index in [0.29, 0.717) is 6.54 Å². The highest BCUT2D eigenvalue weighted by Gasteiger charge is 2.20. The Morgan fingerprint density at radius 2 is 2.25 bits per heavy atom. The Balaban J connectivity index is 1.84. The molecule has 0 amide bonds. The van der Waals surface area contributed by atoms with Gasteiger partial charge >= 0.3 is 0 Å². The zero-order valence-corrected chi connectivity index (χ0v) is 12.1. The van der Waals surface area contributed by atoms with E-state index in [1.807, 2.05) is 0 Å². The van der Waals surface area contributed by atoms with Crippen molar-refractivity contribution in [3.05, 3.63) is 36.0 Å². The Labute approximate surface area is 120 Å². The molecule has 1 unspecified atom stereocenters. The molecule has 3 rings (SSSR count). The number of hydrogen-bond donors (Lipinski definition) is 1. The molecule has 4 nitrogen and oxygen atoms in total. The number of ether oxygens (including phenoxy) is 1. The highest BCUT2D eigenvalue weighted by molar-refractivity contribution is 5.83. The second kappa shape index (κ2) is 5.95. The van der Waals surface area contributed by atoms with Crippen molar-refractivity contribution < 1.29 is 4.74 Å². The van der Waals surface area contributed by atoms with Gasteiger partial charge in [0.2, 0.25) is 0 Å². The normalized spacial score (nSPS) is 20.6. The van der Waals surface area contributed by atoms with Crippen molar-refractivity contribution in [3.8, 4) is 0 Å². The molecule has 1 saturated heterocycles. The largest absolute Gasteiger partial charge is 0.374 e. The molecule has 2 N–H and O–H groups in total. The van der Waals surface area contributed by atoms with Crippen LogP contribution >= 0.6 is 0 Å². The van der Waals surface area contributed by atoms with Crippen molar-refractivity contribution in [2.75, 3.05) is 26.2 Å². The molecule has 108 valence electrons. The summed E-state index contributed by atoms with van der Waals surface area (Å²) in [5.41, 5.74) is 8.33. The topological polar surface area (TPSA) is 43.4 Å². The molecule has 1 atom stereocenters. The highest BCUT2D eigenvalue weighted by Crippen LogP contribution is 2.21. The third kappa shape index (κ3) is 2.59. The summed E-state index contributed by atoms with van der Waals surface area (Å²) < 4.78 is 8.21. The number of hydrogen-bond acceptors (Lipinski definition) is 3. The van der Waals surface area contributed by atoms with Crippen molar-refractivity contribution >= 4 is 10.9 Å². The molecule has 1 fully saturated rings. The van der Waals surface area contributed by atoms with Crippen LogP contribution in [0, 0.1) is 0 Å². The maximum absolute atomic E-state index is 5.91. The lowest BCUT2D eigenvalue weighted by Crippen LogP contribution is -2.43. The molecule has 2 heterocycles. The molecule has 2 aromatic rings. The first kappa shape index (κ1) is 13.6. The molecule has 4 heteroatoms. The summed E-state index contributed by atoms with van der Waals surface area (Å²) in [5, 5.41) is 1.26. The fourth-order valence-electron chi connectivity index (χ4n) is 3.06. The van der Waals surface area contributed by atoms with Crippen LogP contribution in [0.1, 0.15) is 12.5 Å². The molecule has 1 aliphatic rings. The van der Waals surface area contributed by atoms with E-state index in [1.165, 1.54) is 16.5 Å². The number of para-hydroxylation sites is 1. The number of morpholine rings is 1. The van der Waals surface area contributed by atoms with Gasteiger partial charge in [-0.3, -0.25) is 4.90 Å². The van der Waals surface area contributed by atoms with Gasteiger partial charge in [-0.2, -0.15) is 0 Å². The van der Waals surface area contributed by atoms with Crippen LogP contribution in [0.2, 0.25) is 0 Å². The van der Waals surface area contributed by atoms with Gasteiger partial charge in [-0.1, -0.05) is 25.1 Å². The van der Waals surface area contributed by atoms with Crippen LogP contribution in [0.5, 0.6) is 0 Å². The van der Waals surface area contributed by atoms with Gasteiger partial charge in [-0.25, -0.2) is 0 Å². The number of fused-ring (bicyclic) bond motifs is 1. The SMILES string of the molecule is CCN1CCOC(Cn2ccc3cccc(CN)c32)C1. The minimum atomic E-state index is 0.269. The Morgan fingerprint density at radius 1 is 1.35 bits per heavy atom. The van der Waals surface area contributed by atoms with E-state index in [1.54, 1.807) is 0 Å². The van der Waals surface area contributed by atoms with Crippen LogP contribution in [0.15, 0.2) is 30.5 Å². The number of nitrogens with zero attached hydrogens (tertiary/aromatic N) is 2. The van der Waals surface area contributed by atoms with Crippen molar-refractivity contribution in [1.29, 1.82) is 0 Å². The zero-order valence-electron chi connectivity index (χ0n) is 12.1. The minimum Gasteiger partial charge on any atom is -0.374 e. The van der Waals surface area contributed by atoms with Crippen molar-refractivity contribution in [2.45, 2.75) is 26.1 Å². The molecule has 0 radical (unpaired) electrons. The third-order valence-electron chi connectivity index (χ3n) is 4.16. The van der Waals surface area contributed by atoms with Crippen LogP contribution in [0.4, 0.5) is 0 Å². The summed E-state index contributed by atoms with van der Waals surface area (Å²) >= 11 is 0. The lowest BCUT2D eigenvalue weighted by atomic mass is 10.1. The minimum absolute atomic E-state index is 0.269. The smallest absolute Gasteiger partial charge is 0.0881 e. The number of nitrogens with two attached hydrogens (primary N) is 1. The summed E-state index contributed by atoms with van der Waals surface area (Å²) in [4.78, 5) is 2.45. The van der Waals surface area contributed by atoms with E-state index >= 15 is 0 Å². The van der Waals surface area contributed by atoms with Gasteiger partial charge in [0.15, 0.2) is 0 Å². The molecule has 0 spiro atoms. The molecule has 1 aromatic carbocycles. The molecule has 0 bridgehead atoms. The first-order valence-corrected chi connectivity index (χ1v) is 7.42. The first-order valence-electron chi connectivity index (χ1n) is 7.42. The first-order chi connectivity index (χ1) is 9.81. The molecular formula is C16H23N3O. The molecule has 20 heavy (non-hydrogen) atoms. The van der Waals surface area contributed by atoms with Crippen LogP contribution in [-0.2, 0) is 17.8 Å². The molecule has 1 aromatic heterocycles. The van der Waals surface area contributed by atoms with Crippen LogP contribution < -0.4 is 5.73 Å². The number of likely N-dealkylation sites (N-methyl/N-ethyl adjacent to an activating group) is 1. The maximum Gasteiger partial charge on any atom is 0.0881 e. The monoisotopic (exact) mass is 273 g/mol. The summed E-state index contributed by atoms with van der Waals surface area (Å²) in [6, 6.07) is 8.49. The van der Waals surface area contributed by atoms with Crippen LogP contribution in [0.25, 0.3) is 10.9 Å². The molecule has 0 aliphatic carbocycles. The van der Waals surface area contributed by atoms with Crippen molar-refractivity contribution in [3.63, 3.8) is 0 Å². The van der Waals surface area contributed by atoms with Crippen LogP contribution in [0.3, 0.4) is 0 Å². The predicted octanol–water partition coefficient (Wildman–Crippen LogP) is 1.82. The maximum atomic E-state index is 5.91. The summed E-state index contributed by atoms with van der Waals surface area (Å²) in [5.74, 6) is 0. The van der Waals surface area contributed by atoms with Crippen molar-refractivity contribution in [2.24, 2.45) is 5.73 Å². The van der Waals surface area contributed by atoms with E-state index in [4.69, 9.17) is 10.5 Å². The molecule has 1 aliphatic heterocycles. The molecular weight excluding hydrogens is 250 g/mol. The van der Waals surface area contributed by atoms with Gasteiger partial charge < -0.3 is 15.0 Å². The van der Waals surface area contributed by atoms with Gasteiger partial charge in [0.25, 0.3) is 0 Å². The Morgan fingerprint density at radius 3 is 3.05 bits per heavy atom. The average Bonchev–Trinajstić information content (AvgIpc) is 2.90. The van der Waals surface area contributed by atoms with Gasteiger partial charge in [-0.15, -0.1) is 0 Å². The van der Waals surface area contributed by atoms with Crippen molar-refractivity contribution in [1.82, 2.24) is 9.47 Å². The Kier molecular flexibility index (Phi) is 4.05. The number of benzene rings is 1. The van der Waals surface area contributed by atoms with Gasteiger partial charge in [-0.05, 0) is 23.6 Å². The lowest BCUT2D eigenvalue weighted by molar-refractivity contribution is -0.0337. The van der Waals surface area contributed by atoms with E-state index in [9.17, 15) is 0 Å². The summed E-state index contributed by atoms with van der Waals surface area (Å²) in [6.07, 6.45) is 2.42. The average molecular weight is 273 g/mol. The van der Waals surface area contributed by atoms with E-state index in [2.05, 4.69) is 46.9 Å². The summed E-state index contributed by atoms with van der Waals surface area (Å²) in [6.45, 7) is 7.68. The van der Waals surface area contributed by atoms with E-state index in [-0.39, 0.29) is 6.10 Å². The van der Waals surface area contributed by atoms with Gasteiger partial charge in [0.1, 0.15) is 0 Å². The van der Waals surface area contributed by atoms with E-state index in [0.717, 1.165) is 32.8 Å². The Hall–Kier alpha value is -1.36. The fourth-order valence-corrected chi connectivity index (χ4v) is 3.06. The van der Waals surface area contributed by atoms with E-state index < -0.39 is 0 Å². The third-order valence-corrected chi connectivity index (χ3v) is 4.16. The highest BCUT2D eigenvalue weighted by atomic mass is 16.5. The second-order valence-electron chi connectivity index (χ2n) is 5.41. The predicted molar refractivity (Wildman–Crippen MR) is 81.7 cm³/mol. The number of rotatable bonds is 4. The zero-order chi connectivity index (χ0) is 13.9.